The number of hydrogen-bond acceptors (Lipinski definition) is 4. The number of carbonyl (C=O) groups excluding carboxylic acids is 1. The number of rotatable bonds is 2. The third kappa shape index (κ3) is 3.04. The van der Waals surface area contributed by atoms with Crippen LogP contribution in [0.25, 0.3) is 0 Å². The number of hydrogen-bond donors (Lipinski definition) is 0. The molecule has 0 saturated heterocycles. The minimum atomic E-state index is -3.33. The van der Waals surface area contributed by atoms with Crippen molar-refractivity contribution < 1.29 is 17.9 Å². The van der Waals surface area contributed by atoms with Gasteiger partial charge in [-0.25, -0.2) is 13.2 Å². The molecule has 1 aromatic rings. The molecule has 4 nitrogen and oxygen atoms in total. The van der Waals surface area contributed by atoms with E-state index in [0.717, 1.165) is 6.26 Å². The van der Waals surface area contributed by atoms with Crippen LogP contribution < -0.4 is 0 Å². The molecule has 0 aliphatic heterocycles. The van der Waals surface area contributed by atoms with Crippen LogP contribution in [0.15, 0.2) is 27.6 Å². The molecule has 0 radical (unpaired) electrons. The van der Waals surface area contributed by atoms with Gasteiger partial charge >= 0.3 is 5.97 Å². The number of ether oxygens (including phenoxy) is 1. The molecule has 0 bridgehead atoms. The average Bonchev–Trinajstić information content (AvgIpc) is 2.14. The Morgan fingerprint density at radius 3 is 2.40 bits per heavy atom. The summed E-state index contributed by atoms with van der Waals surface area (Å²) < 4.78 is 27.6. The Morgan fingerprint density at radius 2 is 1.93 bits per heavy atom. The number of esters is 1. The molecular formula is C9H9BrO4S. The molecule has 0 aliphatic carbocycles. The maximum absolute atomic E-state index is 11.3. The molecule has 0 aromatic heterocycles. The van der Waals surface area contributed by atoms with E-state index in [1.54, 1.807) is 0 Å². The highest BCUT2D eigenvalue weighted by Gasteiger charge is 2.13. The standard InChI is InChI=1S/C9H9BrO4S/c1-14-9(11)6-3-7(10)5-8(4-6)15(2,12)13/h3-5H,1-2H3. The number of sulfone groups is 1. The fraction of sp³-hybridized carbons (Fsp3) is 0.222. The molecule has 0 amide bonds. The maximum Gasteiger partial charge on any atom is 0.337 e. The van der Waals surface area contributed by atoms with Crippen LogP contribution in [0.3, 0.4) is 0 Å². The number of methoxy groups -OCH3 is 1. The molecule has 0 fully saturated rings. The van der Waals surface area contributed by atoms with Crippen molar-refractivity contribution in [2.24, 2.45) is 0 Å². The molecule has 82 valence electrons. The van der Waals surface area contributed by atoms with E-state index in [1.165, 1.54) is 25.3 Å². The zero-order valence-corrected chi connectivity index (χ0v) is 10.6. The Bertz CT molecular complexity index is 493. The first-order valence-electron chi connectivity index (χ1n) is 3.93. The van der Waals surface area contributed by atoms with Crippen molar-refractivity contribution in [3.63, 3.8) is 0 Å². The summed E-state index contributed by atoms with van der Waals surface area (Å²) in [5.41, 5.74) is 0.201. The summed E-state index contributed by atoms with van der Waals surface area (Å²) >= 11 is 3.13. The second-order valence-corrected chi connectivity index (χ2v) is 5.87. The minimum absolute atomic E-state index is 0.0808. The first-order chi connectivity index (χ1) is 6.84. The molecule has 1 rings (SSSR count). The normalized spacial score (nSPS) is 11.1. The molecule has 0 atom stereocenters. The third-order valence-corrected chi connectivity index (χ3v) is 3.27. The smallest absolute Gasteiger partial charge is 0.337 e. The molecule has 6 heteroatoms. The molecule has 0 heterocycles. The van der Waals surface area contributed by atoms with Crippen LogP contribution in [-0.4, -0.2) is 27.8 Å². The van der Waals surface area contributed by atoms with Gasteiger partial charge in [-0.1, -0.05) is 15.9 Å². The molecule has 15 heavy (non-hydrogen) atoms. The lowest BCUT2D eigenvalue weighted by Crippen LogP contribution is -2.04. The Hall–Kier alpha value is -0.880. The predicted octanol–water partition coefficient (Wildman–Crippen LogP) is 1.64. The summed E-state index contributed by atoms with van der Waals surface area (Å²) in [6.45, 7) is 0. The highest BCUT2D eigenvalue weighted by molar-refractivity contribution is 9.10. The van der Waals surface area contributed by atoms with Crippen molar-refractivity contribution >= 4 is 31.7 Å². The van der Waals surface area contributed by atoms with Gasteiger partial charge in [0, 0.05) is 10.7 Å². The summed E-state index contributed by atoms with van der Waals surface area (Å²) in [7, 11) is -2.09. The molecule has 1 aromatic carbocycles. The van der Waals surface area contributed by atoms with E-state index < -0.39 is 15.8 Å². The molecule has 0 saturated carbocycles. The lowest BCUT2D eigenvalue weighted by Gasteiger charge is -2.03. The predicted molar refractivity (Wildman–Crippen MR) is 58.6 cm³/mol. The fourth-order valence-electron chi connectivity index (χ4n) is 1.01. The van der Waals surface area contributed by atoms with Crippen LogP contribution in [-0.2, 0) is 14.6 Å². The molecule has 0 aliphatic rings. The summed E-state index contributed by atoms with van der Waals surface area (Å²) in [5, 5.41) is 0. The second kappa shape index (κ2) is 4.32. The van der Waals surface area contributed by atoms with Crippen LogP contribution >= 0.6 is 15.9 Å². The van der Waals surface area contributed by atoms with Crippen LogP contribution in [0, 0.1) is 0 Å². The summed E-state index contributed by atoms with van der Waals surface area (Å²) in [6.07, 6.45) is 1.08. The van der Waals surface area contributed by atoms with Crippen molar-refractivity contribution in [2.75, 3.05) is 13.4 Å². The van der Waals surface area contributed by atoms with E-state index in [-0.39, 0.29) is 10.5 Å². The Labute approximate surface area is 96.3 Å². The van der Waals surface area contributed by atoms with Gasteiger partial charge in [-0.3, -0.25) is 0 Å². The minimum Gasteiger partial charge on any atom is -0.465 e. The van der Waals surface area contributed by atoms with E-state index in [4.69, 9.17) is 0 Å². The highest BCUT2D eigenvalue weighted by Crippen LogP contribution is 2.20. The van der Waals surface area contributed by atoms with Crippen LogP contribution in [0.5, 0.6) is 0 Å². The maximum atomic E-state index is 11.3. The van der Waals surface area contributed by atoms with Crippen LogP contribution in [0.4, 0.5) is 0 Å². The van der Waals surface area contributed by atoms with Gasteiger partial charge in [-0.2, -0.15) is 0 Å². The molecule has 0 spiro atoms. The quantitative estimate of drug-likeness (QED) is 0.778. The van der Waals surface area contributed by atoms with Crippen molar-refractivity contribution in [1.29, 1.82) is 0 Å². The zero-order chi connectivity index (χ0) is 11.6. The van der Waals surface area contributed by atoms with Crippen molar-refractivity contribution in [3.05, 3.63) is 28.2 Å². The van der Waals surface area contributed by atoms with E-state index in [9.17, 15) is 13.2 Å². The highest BCUT2D eigenvalue weighted by atomic mass is 79.9. The number of benzene rings is 1. The van der Waals surface area contributed by atoms with Crippen LogP contribution in [0.1, 0.15) is 10.4 Å². The van der Waals surface area contributed by atoms with Gasteiger partial charge in [0.05, 0.1) is 17.6 Å². The second-order valence-electron chi connectivity index (χ2n) is 2.94. The van der Waals surface area contributed by atoms with E-state index in [2.05, 4.69) is 20.7 Å². The topological polar surface area (TPSA) is 60.4 Å². The van der Waals surface area contributed by atoms with Crippen molar-refractivity contribution in [2.45, 2.75) is 4.90 Å². The van der Waals surface area contributed by atoms with E-state index in [1.807, 2.05) is 0 Å². The van der Waals surface area contributed by atoms with Gasteiger partial charge in [-0.15, -0.1) is 0 Å². The van der Waals surface area contributed by atoms with Gasteiger partial charge in [0.2, 0.25) is 0 Å². The molecular weight excluding hydrogens is 284 g/mol. The van der Waals surface area contributed by atoms with E-state index in [0.29, 0.717) is 4.47 Å². The largest absolute Gasteiger partial charge is 0.465 e. The first-order valence-corrected chi connectivity index (χ1v) is 6.62. The monoisotopic (exact) mass is 292 g/mol. The SMILES string of the molecule is COC(=O)c1cc(Br)cc(S(C)(=O)=O)c1. The average molecular weight is 293 g/mol. The van der Waals surface area contributed by atoms with Gasteiger partial charge in [0.25, 0.3) is 0 Å². The number of halogens is 1. The van der Waals surface area contributed by atoms with E-state index >= 15 is 0 Å². The summed E-state index contributed by atoms with van der Waals surface area (Å²) in [6, 6.07) is 4.22. The number of carbonyl (C=O) groups is 1. The Kier molecular flexibility index (Phi) is 3.51. The Balaban J connectivity index is 3.35. The fourth-order valence-corrected chi connectivity index (χ4v) is 2.34. The van der Waals surface area contributed by atoms with Crippen molar-refractivity contribution in [1.82, 2.24) is 0 Å². The zero-order valence-electron chi connectivity index (χ0n) is 8.15. The molecule has 0 N–H and O–H groups in total. The van der Waals surface area contributed by atoms with Gasteiger partial charge in [0.1, 0.15) is 0 Å². The van der Waals surface area contributed by atoms with Gasteiger partial charge < -0.3 is 4.74 Å². The summed E-state index contributed by atoms with van der Waals surface area (Å²) in [4.78, 5) is 11.3. The Morgan fingerprint density at radius 1 is 1.33 bits per heavy atom. The van der Waals surface area contributed by atoms with Crippen LogP contribution in [0.2, 0.25) is 0 Å². The lowest BCUT2D eigenvalue weighted by atomic mass is 10.2. The molecule has 0 unspecified atom stereocenters. The summed E-state index contributed by atoms with van der Waals surface area (Å²) in [5.74, 6) is -0.568. The van der Waals surface area contributed by atoms with Crippen molar-refractivity contribution in [3.8, 4) is 0 Å². The third-order valence-electron chi connectivity index (χ3n) is 1.72. The lowest BCUT2D eigenvalue weighted by molar-refractivity contribution is 0.0600. The first kappa shape index (κ1) is 12.2. The van der Waals surface area contributed by atoms with Gasteiger partial charge in [-0.05, 0) is 18.2 Å². The van der Waals surface area contributed by atoms with Gasteiger partial charge in [0.15, 0.2) is 9.84 Å².